The predicted octanol–water partition coefficient (Wildman–Crippen LogP) is 2.90. The molecule has 5 heteroatoms. The Morgan fingerprint density at radius 2 is 2.21 bits per heavy atom. The Labute approximate surface area is 94.9 Å². The lowest BCUT2D eigenvalue weighted by Gasteiger charge is -2.03. The SMILES string of the molecule is Cn1cnnc1-c1cc(Br)ccc1Cl. The highest BCUT2D eigenvalue weighted by molar-refractivity contribution is 9.10. The summed E-state index contributed by atoms with van der Waals surface area (Å²) in [7, 11) is 1.88. The third-order valence-electron chi connectivity index (χ3n) is 1.88. The van der Waals surface area contributed by atoms with Crippen molar-refractivity contribution in [1.29, 1.82) is 0 Å². The zero-order valence-corrected chi connectivity index (χ0v) is 9.75. The minimum Gasteiger partial charge on any atom is -0.317 e. The van der Waals surface area contributed by atoms with Gasteiger partial charge in [-0.05, 0) is 18.2 Å². The lowest BCUT2D eigenvalue weighted by atomic mass is 10.2. The average Bonchev–Trinajstić information content (AvgIpc) is 2.56. The molecule has 0 aliphatic heterocycles. The van der Waals surface area contributed by atoms with Gasteiger partial charge in [0.2, 0.25) is 0 Å². The zero-order valence-electron chi connectivity index (χ0n) is 7.41. The molecule has 0 unspecified atom stereocenters. The molecule has 0 saturated carbocycles. The van der Waals surface area contributed by atoms with Gasteiger partial charge in [0.25, 0.3) is 0 Å². The summed E-state index contributed by atoms with van der Waals surface area (Å²) in [6.07, 6.45) is 1.65. The Kier molecular flexibility index (Phi) is 2.56. The van der Waals surface area contributed by atoms with E-state index in [1.807, 2.05) is 29.8 Å². The van der Waals surface area contributed by atoms with E-state index in [4.69, 9.17) is 11.6 Å². The fourth-order valence-corrected chi connectivity index (χ4v) is 1.76. The first-order valence-electron chi connectivity index (χ1n) is 3.98. The summed E-state index contributed by atoms with van der Waals surface area (Å²) in [6.45, 7) is 0. The number of hydrogen-bond donors (Lipinski definition) is 0. The maximum absolute atomic E-state index is 6.06. The largest absolute Gasteiger partial charge is 0.317 e. The molecular weight excluding hydrogens is 265 g/mol. The van der Waals surface area contributed by atoms with E-state index >= 15 is 0 Å². The van der Waals surface area contributed by atoms with Gasteiger partial charge in [0.15, 0.2) is 5.82 Å². The third-order valence-corrected chi connectivity index (χ3v) is 2.70. The second kappa shape index (κ2) is 3.71. The van der Waals surface area contributed by atoms with Crippen LogP contribution in [0, 0.1) is 0 Å². The monoisotopic (exact) mass is 271 g/mol. The van der Waals surface area contributed by atoms with Crippen LogP contribution in [0.2, 0.25) is 5.02 Å². The van der Waals surface area contributed by atoms with Crippen molar-refractivity contribution in [3.8, 4) is 11.4 Å². The molecule has 14 heavy (non-hydrogen) atoms. The molecule has 1 aromatic carbocycles. The van der Waals surface area contributed by atoms with Crippen LogP contribution in [0.3, 0.4) is 0 Å². The fraction of sp³-hybridized carbons (Fsp3) is 0.111. The van der Waals surface area contributed by atoms with Crippen molar-refractivity contribution in [3.05, 3.63) is 34.0 Å². The van der Waals surface area contributed by atoms with Crippen molar-refractivity contribution in [3.63, 3.8) is 0 Å². The predicted molar refractivity (Wildman–Crippen MR) is 59.1 cm³/mol. The molecule has 1 heterocycles. The molecule has 0 aliphatic rings. The summed E-state index contributed by atoms with van der Waals surface area (Å²) < 4.78 is 2.80. The van der Waals surface area contributed by atoms with E-state index in [0.29, 0.717) is 5.02 Å². The van der Waals surface area contributed by atoms with Crippen molar-refractivity contribution in [2.24, 2.45) is 7.05 Å². The maximum Gasteiger partial charge on any atom is 0.165 e. The second-order valence-corrected chi connectivity index (χ2v) is 4.21. The molecular formula is C9H7BrClN3. The molecule has 1 aromatic heterocycles. The molecule has 0 saturated heterocycles. The zero-order chi connectivity index (χ0) is 10.1. The van der Waals surface area contributed by atoms with Crippen molar-refractivity contribution in [2.45, 2.75) is 0 Å². The molecule has 0 bridgehead atoms. The molecule has 3 nitrogen and oxygen atoms in total. The highest BCUT2D eigenvalue weighted by atomic mass is 79.9. The summed E-state index contributed by atoms with van der Waals surface area (Å²) in [5.74, 6) is 0.760. The maximum atomic E-state index is 6.06. The summed E-state index contributed by atoms with van der Waals surface area (Å²) >= 11 is 9.45. The Bertz CT molecular complexity index is 467. The minimum atomic E-state index is 0.671. The van der Waals surface area contributed by atoms with Gasteiger partial charge >= 0.3 is 0 Å². The Morgan fingerprint density at radius 3 is 2.86 bits per heavy atom. The number of aryl methyl sites for hydroxylation is 1. The van der Waals surface area contributed by atoms with Crippen LogP contribution in [0.25, 0.3) is 11.4 Å². The minimum absolute atomic E-state index is 0.671. The Balaban J connectivity index is 2.62. The topological polar surface area (TPSA) is 30.7 Å². The summed E-state index contributed by atoms with van der Waals surface area (Å²) in [5, 5.41) is 8.47. The van der Waals surface area contributed by atoms with Gasteiger partial charge in [0.05, 0.1) is 5.02 Å². The first-order valence-corrected chi connectivity index (χ1v) is 5.15. The van der Waals surface area contributed by atoms with E-state index < -0.39 is 0 Å². The normalized spacial score (nSPS) is 10.5. The van der Waals surface area contributed by atoms with Crippen LogP contribution >= 0.6 is 27.5 Å². The van der Waals surface area contributed by atoms with Crippen molar-refractivity contribution < 1.29 is 0 Å². The fourth-order valence-electron chi connectivity index (χ4n) is 1.20. The highest BCUT2D eigenvalue weighted by Crippen LogP contribution is 2.28. The van der Waals surface area contributed by atoms with Gasteiger partial charge in [-0.15, -0.1) is 10.2 Å². The number of rotatable bonds is 1. The van der Waals surface area contributed by atoms with E-state index in [0.717, 1.165) is 15.9 Å². The molecule has 0 fully saturated rings. The quantitative estimate of drug-likeness (QED) is 0.799. The van der Waals surface area contributed by atoms with Crippen LogP contribution in [-0.4, -0.2) is 14.8 Å². The van der Waals surface area contributed by atoms with Crippen molar-refractivity contribution >= 4 is 27.5 Å². The van der Waals surface area contributed by atoms with Gasteiger partial charge in [-0.2, -0.15) is 0 Å². The van der Waals surface area contributed by atoms with Crippen LogP contribution in [0.4, 0.5) is 0 Å². The van der Waals surface area contributed by atoms with Gasteiger partial charge in [-0.3, -0.25) is 0 Å². The van der Waals surface area contributed by atoms with Gasteiger partial charge in [-0.25, -0.2) is 0 Å². The van der Waals surface area contributed by atoms with Gasteiger partial charge in [-0.1, -0.05) is 27.5 Å². The smallest absolute Gasteiger partial charge is 0.165 e. The van der Waals surface area contributed by atoms with Crippen LogP contribution in [-0.2, 0) is 7.05 Å². The van der Waals surface area contributed by atoms with E-state index in [1.54, 1.807) is 6.33 Å². The Hall–Kier alpha value is -0.870. The molecule has 2 rings (SSSR count). The van der Waals surface area contributed by atoms with Gasteiger partial charge in [0.1, 0.15) is 6.33 Å². The van der Waals surface area contributed by atoms with Crippen LogP contribution in [0.5, 0.6) is 0 Å². The number of halogens is 2. The van der Waals surface area contributed by atoms with Crippen molar-refractivity contribution in [2.75, 3.05) is 0 Å². The molecule has 0 N–H and O–H groups in total. The lowest BCUT2D eigenvalue weighted by Crippen LogP contribution is -1.91. The van der Waals surface area contributed by atoms with E-state index in [9.17, 15) is 0 Å². The molecule has 2 aromatic rings. The van der Waals surface area contributed by atoms with E-state index in [1.165, 1.54) is 0 Å². The molecule has 0 radical (unpaired) electrons. The molecule has 72 valence electrons. The molecule has 0 aliphatic carbocycles. The first kappa shape index (κ1) is 9.68. The van der Waals surface area contributed by atoms with E-state index in [2.05, 4.69) is 26.1 Å². The van der Waals surface area contributed by atoms with Gasteiger partial charge < -0.3 is 4.57 Å². The summed E-state index contributed by atoms with van der Waals surface area (Å²) in [6, 6.07) is 5.64. The number of benzene rings is 1. The number of hydrogen-bond acceptors (Lipinski definition) is 2. The number of nitrogens with zero attached hydrogens (tertiary/aromatic N) is 3. The lowest BCUT2D eigenvalue weighted by molar-refractivity contribution is 0.919. The molecule has 0 spiro atoms. The van der Waals surface area contributed by atoms with Crippen molar-refractivity contribution in [1.82, 2.24) is 14.8 Å². The van der Waals surface area contributed by atoms with E-state index in [-0.39, 0.29) is 0 Å². The molecule has 0 atom stereocenters. The van der Waals surface area contributed by atoms with Gasteiger partial charge in [0, 0.05) is 17.1 Å². The summed E-state index contributed by atoms with van der Waals surface area (Å²) in [5.41, 5.74) is 0.876. The van der Waals surface area contributed by atoms with Crippen LogP contribution in [0.1, 0.15) is 0 Å². The average molecular weight is 273 g/mol. The van der Waals surface area contributed by atoms with Crippen LogP contribution in [0.15, 0.2) is 29.0 Å². The van der Waals surface area contributed by atoms with Crippen LogP contribution < -0.4 is 0 Å². The molecule has 0 amide bonds. The second-order valence-electron chi connectivity index (χ2n) is 2.89. The third kappa shape index (κ3) is 1.67. The summed E-state index contributed by atoms with van der Waals surface area (Å²) in [4.78, 5) is 0. The highest BCUT2D eigenvalue weighted by Gasteiger charge is 2.08. The first-order chi connectivity index (χ1) is 6.68. The Morgan fingerprint density at radius 1 is 1.43 bits per heavy atom. The standard InChI is InChI=1S/C9H7BrClN3/c1-14-5-12-13-9(14)7-4-6(10)2-3-8(7)11/h2-5H,1H3. The number of aromatic nitrogens is 3.